The Morgan fingerprint density at radius 3 is 2.56 bits per heavy atom. The maximum Gasteiger partial charge on any atom is 0.251 e. The highest BCUT2D eigenvalue weighted by atomic mass is 79.9. The summed E-state index contributed by atoms with van der Waals surface area (Å²) in [4.78, 5) is 18.7. The summed E-state index contributed by atoms with van der Waals surface area (Å²) in [7, 11) is 1.76. The second-order valence-electron chi connectivity index (χ2n) is 6.09. The highest BCUT2D eigenvalue weighted by Gasteiger charge is 2.09. The quantitative estimate of drug-likeness (QED) is 0.365. The summed E-state index contributed by atoms with van der Waals surface area (Å²) in [6, 6.07) is 7.36. The van der Waals surface area contributed by atoms with Gasteiger partial charge in [0.15, 0.2) is 5.96 Å². The van der Waals surface area contributed by atoms with Crippen LogP contribution in [0.15, 0.2) is 33.7 Å². The van der Waals surface area contributed by atoms with Crippen molar-refractivity contribution in [2.75, 3.05) is 46.3 Å². The predicted octanol–water partition coefficient (Wildman–Crippen LogP) is 1.83. The Morgan fingerprint density at radius 1 is 1.12 bits per heavy atom. The lowest BCUT2D eigenvalue weighted by atomic mass is 10.1. The fourth-order valence-electron chi connectivity index (χ4n) is 2.82. The number of nitrogens with zero attached hydrogens (tertiary/aromatic N) is 2. The average Bonchev–Trinajstić information content (AvgIpc) is 2.64. The third kappa shape index (κ3) is 7.44. The average molecular weight is 410 g/mol. The van der Waals surface area contributed by atoms with Crippen LogP contribution in [0.4, 0.5) is 0 Å². The molecule has 1 aliphatic rings. The van der Waals surface area contributed by atoms with Crippen LogP contribution in [0.25, 0.3) is 0 Å². The van der Waals surface area contributed by atoms with E-state index in [0.717, 1.165) is 23.5 Å². The maximum atomic E-state index is 12.0. The van der Waals surface area contributed by atoms with Crippen LogP contribution in [0.5, 0.6) is 0 Å². The first-order valence-corrected chi connectivity index (χ1v) is 9.69. The van der Waals surface area contributed by atoms with Crippen molar-refractivity contribution in [2.45, 2.75) is 19.3 Å². The smallest absolute Gasteiger partial charge is 0.251 e. The van der Waals surface area contributed by atoms with Crippen molar-refractivity contribution in [1.82, 2.24) is 20.9 Å². The lowest BCUT2D eigenvalue weighted by Gasteiger charge is -2.26. The first-order valence-electron chi connectivity index (χ1n) is 8.89. The SMILES string of the molecule is CN=C(NCCNC(=O)c1cccc(Br)c1)NCCN1CCCCC1. The Kier molecular flexibility index (Phi) is 8.76. The summed E-state index contributed by atoms with van der Waals surface area (Å²) in [6.07, 6.45) is 3.98. The highest BCUT2D eigenvalue weighted by Crippen LogP contribution is 2.11. The standard InChI is InChI=1S/C18H28BrN5O/c1-20-18(23-10-13-24-11-3-2-4-12-24)22-9-8-21-17(25)15-6-5-7-16(19)14-15/h5-7,14H,2-4,8-13H2,1H3,(H,21,25)(H2,20,22,23). The van der Waals surface area contributed by atoms with E-state index in [1.807, 2.05) is 18.2 Å². The summed E-state index contributed by atoms with van der Waals surface area (Å²) in [5.74, 6) is 0.699. The van der Waals surface area contributed by atoms with Crippen molar-refractivity contribution in [3.8, 4) is 0 Å². The molecule has 138 valence electrons. The Bertz CT molecular complexity index is 572. The van der Waals surface area contributed by atoms with Gasteiger partial charge in [0.25, 0.3) is 5.91 Å². The predicted molar refractivity (Wildman–Crippen MR) is 106 cm³/mol. The molecule has 0 spiro atoms. The van der Waals surface area contributed by atoms with Gasteiger partial charge in [-0.2, -0.15) is 0 Å². The van der Waals surface area contributed by atoms with E-state index in [-0.39, 0.29) is 5.91 Å². The monoisotopic (exact) mass is 409 g/mol. The zero-order valence-corrected chi connectivity index (χ0v) is 16.4. The zero-order valence-electron chi connectivity index (χ0n) is 14.9. The molecule has 1 aromatic rings. The van der Waals surface area contributed by atoms with E-state index < -0.39 is 0 Å². The highest BCUT2D eigenvalue weighted by molar-refractivity contribution is 9.10. The van der Waals surface area contributed by atoms with Gasteiger partial charge < -0.3 is 20.9 Å². The number of hydrogen-bond donors (Lipinski definition) is 3. The largest absolute Gasteiger partial charge is 0.355 e. The summed E-state index contributed by atoms with van der Waals surface area (Å²) in [5.41, 5.74) is 0.651. The van der Waals surface area contributed by atoms with Gasteiger partial charge in [0.05, 0.1) is 0 Å². The van der Waals surface area contributed by atoms with Gasteiger partial charge in [-0.15, -0.1) is 0 Å². The van der Waals surface area contributed by atoms with Crippen molar-refractivity contribution in [3.63, 3.8) is 0 Å². The van der Waals surface area contributed by atoms with Crippen LogP contribution >= 0.6 is 15.9 Å². The van der Waals surface area contributed by atoms with Crippen LogP contribution in [0.2, 0.25) is 0 Å². The number of likely N-dealkylation sites (tertiary alicyclic amines) is 1. The molecule has 0 radical (unpaired) electrons. The molecular formula is C18H28BrN5O. The van der Waals surface area contributed by atoms with Crippen molar-refractivity contribution in [2.24, 2.45) is 4.99 Å². The Hall–Kier alpha value is -1.60. The molecule has 0 unspecified atom stereocenters. The molecule has 0 atom stereocenters. The Labute approximate surface area is 158 Å². The number of halogens is 1. The van der Waals surface area contributed by atoms with Crippen LogP contribution in [-0.4, -0.2) is 63.1 Å². The molecule has 0 saturated carbocycles. The first-order chi connectivity index (χ1) is 12.2. The van der Waals surface area contributed by atoms with Gasteiger partial charge in [0.1, 0.15) is 0 Å². The number of guanidine groups is 1. The van der Waals surface area contributed by atoms with Gasteiger partial charge in [-0.25, -0.2) is 0 Å². The Morgan fingerprint density at radius 2 is 1.84 bits per heavy atom. The van der Waals surface area contributed by atoms with E-state index in [1.165, 1.54) is 32.4 Å². The molecular weight excluding hydrogens is 382 g/mol. The van der Waals surface area contributed by atoms with Gasteiger partial charge in [-0.1, -0.05) is 28.4 Å². The molecule has 2 rings (SSSR count). The minimum absolute atomic E-state index is 0.0730. The molecule has 25 heavy (non-hydrogen) atoms. The number of hydrogen-bond acceptors (Lipinski definition) is 3. The van der Waals surface area contributed by atoms with Gasteiger partial charge >= 0.3 is 0 Å². The van der Waals surface area contributed by atoms with Crippen LogP contribution in [0.3, 0.4) is 0 Å². The third-order valence-corrected chi connectivity index (χ3v) is 4.68. The molecule has 6 nitrogen and oxygen atoms in total. The summed E-state index contributed by atoms with van der Waals surface area (Å²) in [6.45, 7) is 5.50. The normalized spacial score (nSPS) is 15.7. The minimum atomic E-state index is -0.0730. The van der Waals surface area contributed by atoms with Crippen molar-refractivity contribution in [1.29, 1.82) is 0 Å². The number of carbonyl (C=O) groups is 1. The number of carbonyl (C=O) groups excluding carboxylic acids is 1. The van der Waals surface area contributed by atoms with E-state index in [9.17, 15) is 4.79 Å². The fourth-order valence-corrected chi connectivity index (χ4v) is 3.22. The number of aliphatic imine (C=N–C) groups is 1. The topological polar surface area (TPSA) is 68.8 Å². The second kappa shape index (κ2) is 11.1. The number of rotatable bonds is 7. The van der Waals surface area contributed by atoms with Crippen LogP contribution in [-0.2, 0) is 0 Å². The van der Waals surface area contributed by atoms with Crippen molar-refractivity contribution < 1.29 is 4.79 Å². The van der Waals surface area contributed by atoms with E-state index in [4.69, 9.17) is 0 Å². The van der Waals surface area contributed by atoms with Crippen molar-refractivity contribution >= 4 is 27.8 Å². The van der Waals surface area contributed by atoms with Gasteiger partial charge in [0.2, 0.25) is 0 Å². The third-order valence-electron chi connectivity index (χ3n) is 4.18. The molecule has 1 amide bonds. The second-order valence-corrected chi connectivity index (χ2v) is 7.01. The Balaban J connectivity index is 1.59. The molecule has 7 heteroatoms. The lowest BCUT2D eigenvalue weighted by Crippen LogP contribution is -2.44. The summed E-state index contributed by atoms with van der Waals surface area (Å²) in [5, 5.41) is 9.44. The molecule has 1 heterocycles. The van der Waals surface area contributed by atoms with Crippen molar-refractivity contribution in [3.05, 3.63) is 34.3 Å². The number of nitrogens with one attached hydrogen (secondary N) is 3. The van der Waals surface area contributed by atoms with Gasteiger partial charge in [-0.05, 0) is 44.1 Å². The number of benzene rings is 1. The molecule has 1 aromatic carbocycles. The molecule has 1 saturated heterocycles. The summed E-state index contributed by atoms with van der Waals surface area (Å²) >= 11 is 3.37. The lowest BCUT2D eigenvalue weighted by molar-refractivity contribution is 0.0954. The van der Waals surface area contributed by atoms with Crippen LogP contribution in [0.1, 0.15) is 29.6 Å². The van der Waals surface area contributed by atoms with Crippen LogP contribution in [0, 0.1) is 0 Å². The van der Waals surface area contributed by atoms with E-state index in [2.05, 4.69) is 41.8 Å². The molecule has 3 N–H and O–H groups in total. The molecule has 0 aliphatic carbocycles. The number of piperidine rings is 1. The summed E-state index contributed by atoms with van der Waals surface area (Å²) < 4.78 is 0.900. The molecule has 0 bridgehead atoms. The van der Waals surface area contributed by atoms with E-state index in [0.29, 0.717) is 18.7 Å². The van der Waals surface area contributed by atoms with Crippen LogP contribution < -0.4 is 16.0 Å². The zero-order chi connectivity index (χ0) is 17.9. The molecule has 1 aliphatic heterocycles. The fraction of sp³-hybridized carbons (Fsp3) is 0.556. The van der Waals surface area contributed by atoms with Gasteiger partial charge in [-0.3, -0.25) is 9.79 Å². The maximum absolute atomic E-state index is 12.0. The van der Waals surface area contributed by atoms with E-state index in [1.54, 1.807) is 13.1 Å². The van der Waals surface area contributed by atoms with E-state index >= 15 is 0 Å². The minimum Gasteiger partial charge on any atom is -0.355 e. The molecule has 1 fully saturated rings. The molecule has 0 aromatic heterocycles. The first kappa shape index (κ1) is 19.7. The number of amides is 1. The van der Waals surface area contributed by atoms with Gasteiger partial charge in [0, 0.05) is 43.3 Å².